The number of alkyl carbamates (subject to hydrolysis) is 1. The molecule has 0 saturated carbocycles. The summed E-state index contributed by atoms with van der Waals surface area (Å²) in [6, 6.07) is 16.2. The number of thiazole rings is 1. The molecule has 1 unspecified atom stereocenters. The topological polar surface area (TPSA) is 118 Å². The van der Waals surface area contributed by atoms with Crippen LogP contribution in [0.25, 0.3) is 11.1 Å². The lowest BCUT2D eigenvalue weighted by Crippen LogP contribution is -2.52. The molecule has 0 bridgehead atoms. The van der Waals surface area contributed by atoms with Crippen molar-refractivity contribution in [3.05, 3.63) is 75.7 Å². The minimum Gasteiger partial charge on any atom is -0.480 e. The maximum atomic E-state index is 12.5. The lowest BCUT2D eigenvalue weighted by molar-refractivity contribution is -0.144. The van der Waals surface area contributed by atoms with E-state index in [0.717, 1.165) is 22.3 Å². The number of hydrogen-bond donors (Lipinski definition) is 3. The highest BCUT2D eigenvalue weighted by Gasteiger charge is 2.34. The Morgan fingerprint density at radius 3 is 2.31 bits per heavy atom. The molecule has 182 valence electrons. The molecule has 1 atom stereocenters. The summed E-state index contributed by atoms with van der Waals surface area (Å²) >= 11 is 1.20. The van der Waals surface area contributed by atoms with Gasteiger partial charge in [-0.1, -0.05) is 61.9 Å². The molecule has 1 aliphatic carbocycles. The van der Waals surface area contributed by atoms with Crippen molar-refractivity contribution in [1.82, 2.24) is 15.6 Å². The number of ether oxygens (including phenoxy) is 1. The van der Waals surface area contributed by atoms with E-state index in [4.69, 9.17) is 4.74 Å². The smallest absolute Gasteiger partial charge is 0.407 e. The van der Waals surface area contributed by atoms with E-state index in [-0.39, 0.29) is 24.8 Å². The van der Waals surface area contributed by atoms with Crippen LogP contribution in [-0.2, 0) is 16.1 Å². The molecule has 9 heteroatoms. The number of carboxylic acid groups (broad SMARTS) is 1. The average molecular weight is 494 g/mol. The van der Waals surface area contributed by atoms with Gasteiger partial charge in [-0.2, -0.15) is 0 Å². The molecule has 1 aliphatic rings. The molecule has 2 aromatic carbocycles. The summed E-state index contributed by atoms with van der Waals surface area (Å²) in [6.07, 6.45) is 0.332. The zero-order valence-electron chi connectivity index (χ0n) is 19.5. The maximum Gasteiger partial charge on any atom is 0.407 e. The fourth-order valence-corrected chi connectivity index (χ4v) is 5.05. The van der Waals surface area contributed by atoms with E-state index in [9.17, 15) is 19.5 Å². The lowest BCUT2D eigenvalue weighted by Gasteiger charge is -2.25. The quantitative estimate of drug-likeness (QED) is 0.402. The Balaban J connectivity index is 1.32. The van der Waals surface area contributed by atoms with E-state index < -0.39 is 23.5 Å². The van der Waals surface area contributed by atoms with Gasteiger partial charge >= 0.3 is 12.1 Å². The molecule has 1 aromatic heterocycles. The first-order chi connectivity index (χ1) is 16.8. The molecule has 0 spiro atoms. The number of aliphatic carboxylic acids is 1. The number of carbonyl (C=O) groups excluding carboxylic acids is 2. The largest absolute Gasteiger partial charge is 0.480 e. The van der Waals surface area contributed by atoms with Crippen LogP contribution in [-0.4, -0.2) is 40.2 Å². The predicted molar refractivity (Wildman–Crippen MR) is 132 cm³/mol. The Labute approximate surface area is 207 Å². The van der Waals surface area contributed by atoms with Crippen LogP contribution in [0.3, 0.4) is 0 Å². The van der Waals surface area contributed by atoms with Crippen LogP contribution < -0.4 is 10.6 Å². The molecule has 3 aromatic rings. The van der Waals surface area contributed by atoms with E-state index in [1.807, 2.05) is 31.2 Å². The molecule has 35 heavy (non-hydrogen) atoms. The van der Waals surface area contributed by atoms with E-state index in [0.29, 0.717) is 17.8 Å². The van der Waals surface area contributed by atoms with Crippen LogP contribution in [0.1, 0.15) is 59.2 Å². The van der Waals surface area contributed by atoms with Crippen LogP contribution >= 0.6 is 11.3 Å². The van der Waals surface area contributed by atoms with E-state index >= 15 is 0 Å². The number of hydrogen-bond acceptors (Lipinski definition) is 6. The van der Waals surface area contributed by atoms with Crippen molar-refractivity contribution in [3.8, 4) is 11.1 Å². The second kappa shape index (κ2) is 10.3. The van der Waals surface area contributed by atoms with Gasteiger partial charge in [-0.05, 0) is 35.6 Å². The summed E-state index contributed by atoms with van der Waals surface area (Å²) in [5.74, 6) is -1.69. The molecule has 8 nitrogen and oxygen atoms in total. The maximum absolute atomic E-state index is 12.5. The van der Waals surface area contributed by atoms with Crippen LogP contribution in [0.2, 0.25) is 0 Å². The SMILES string of the molecule is CCCC(C)(NC(=O)c1csc(CNC(=O)OCC2c3ccccc3-c3ccccc32)n1)C(=O)O. The molecular formula is C26H27N3O5S. The molecule has 1 heterocycles. The highest BCUT2D eigenvalue weighted by molar-refractivity contribution is 7.09. The van der Waals surface area contributed by atoms with Gasteiger partial charge in [0, 0.05) is 11.3 Å². The lowest BCUT2D eigenvalue weighted by atomic mass is 9.96. The third-order valence-electron chi connectivity index (χ3n) is 6.12. The first-order valence-corrected chi connectivity index (χ1v) is 12.3. The van der Waals surface area contributed by atoms with Crippen molar-refractivity contribution in [1.29, 1.82) is 0 Å². The average Bonchev–Trinajstić information content (AvgIpc) is 3.45. The Hall–Kier alpha value is -3.72. The molecular weight excluding hydrogens is 466 g/mol. The van der Waals surface area contributed by atoms with Gasteiger partial charge in [0.15, 0.2) is 0 Å². The zero-order valence-corrected chi connectivity index (χ0v) is 20.4. The van der Waals surface area contributed by atoms with Gasteiger partial charge in [-0.25, -0.2) is 14.6 Å². The summed E-state index contributed by atoms with van der Waals surface area (Å²) in [5.41, 5.74) is 3.33. The van der Waals surface area contributed by atoms with Gasteiger partial charge in [0.05, 0.1) is 6.54 Å². The van der Waals surface area contributed by atoms with E-state index in [1.54, 1.807) is 0 Å². The van der Waals surface area contributed by atoms with Gasteiger partial charge in [-0.3, -0.25) is 4.79 Å². The first-order valence-electron chi connectivity index (χ1n) is 11.4. The minimum absolute atomic E-state index is 0.0324. The minimum atomic E-state index is -1.37. The Morgan fingerprint density at radius 2 is 1.71 bits per heavy atom. The van der Waals surface area contributed by atoms with Crippen molar-refractivity contribution < 1.29 is 24.2 Å². The third-order valence-corrected chi connectivity index (χ3v) is 6.97. The fourth-order valence-electron chi connectivity index (χ4n) is 4.33. The van der Waals surface area contributed by atoms with Crippen LogP contribution in [0.15, 0.2) is 53.9 Å². The van der Waals surface area contributed by atoms with Gasteiger partial charge < -0.3 is 20.5 Å². The van der Waals surface area contributed by atoms with Crippen LogP contribution in [0.5, 0.6) is 0 Å². The number of carbonyl (C=O) groups is 3. The fraction of sp³-hybridized carbons (Fsp3) is 0.308. The summed E-state index contributed by atoms with van der Waals surface area (Å²) < 4.78 is 5.52. The second-order valence-electron chi connectivity index (χ2n) is 8.65. The summed E-state index contributed by atoms with van der Waals surface area (Å²) in [7, 11) is 0. The molecule has 4 rings (SSSR count). The molecule has 2 amide bonds. The second-order valence-corrected chi connectivity index (χ2v) is 9.59. The summed E-state index contributed by atoms with van der Waals surface area (Å²) in [6.45, 7) is 3.63. The van der Waals surface area contributed by atoms with Gasteiger partial charge in [0.25, 0.3) is 5.91 Å². The molecule has 3 N–H and O–H groups in total. The molecule has 0 saturated heterocycles. The highest BCUT2D eigenvalue weighted by Crippen LogP contribution is 2.44. The Kier molecular flexibility index (Phi) is 7.16. The van der Waals surface area contributed by atoms with Crippen molar-refractivity contribution in [3.63, 3.8) is 0 Å². The van der Waals surface area contributed by atoms with Crippen molar-refractivity contribution >= 4 is 29.3 Å². The predicted octanol–water partition coefficient (Wildman–Crippen LogP) is 4.56. The number of nitrogens with zero attached hydrogens (tertiary/aromatic N) is 1. The van der Waals surface area contributed by atoms with Crippen molar-refractivity contribution in [2.75, 3.05) is 6.61 Å². The molecule has 0 aliphatic heterocycles. The number of rotatable bonds is 9. The molecule has 0 fully saturated rings. The number of aromatic nitrogens is 1. The Bertz CT molecular complexity index is 1210. The standard InChI is InChI=1S/C26H27N3O5S/c1-3-12-26(2,24(31)32)29-23(30)21-15-35-22(28-21)13-27-25(33)34-14-20-18-10-6-4-8-16(18)17-9-5-7-11-19(17)20/h4-11,15,20H,3,12-14H2,1-2H3,(H,27,33)(H,29,30)(H,31,32). The number of benzene rings is 2. The van der Waals surface area contributed by atoms with Crippen LogP contribution in [0, 0.1) is 0 Å². The highest BCUT2D eigenvalue weighted by atomic mass is 32.1. The van der Waals surface area contributed by atoms with Gasteiger partial charge in [0.1, 0.15) is 22.8 Å². The van der Waals surface area contributed by atoms with Crippen molar-refractivity contribution in [2.45, 2.75) is 44.7 Å². The van der Waals surface area contributed by atoms with Gasteiger partial charge in [0.2, 0.25) is 0 Å². The number of fused-ring (bicyclic) bond motifs is 3. The number of amides is 2. The number of nitrogens with one attached hydrogen (secondary N) is 2. The monoisotopic (exact) mass is 493 g/mol. The van der Waals surface area contributed by atoms with Crippen LogP contribution in [0.4, 0.5) is 4.79 Å². The molecule has 0 radical (unpaired) electrons. The van der Waals surface area contributed by atoms with E-state index in [1.165, 1.54) is 23.6 Å². The number of carboxylic acids is 1. The normalized spacial score (nSPS) is 13.9. The Morgan fingerprint density at radius 1 is 1.09 bits per heavy atom. The van der Waals surface area contributed by atoms with E-state index in [2.05, 4.69) is 39.9 Å². The van der Waals surface area contributed by atoms with Gasteiger partial charge in [-0.15, -0.1) is 11.3 Å². The summed E-state index contributed by atoms with van der Waals surface area (Å²) in [5, 5.41) is 16.7. The van der Waals surface area contributed by atoms with Crippen molar-refractivity contribution in [2.24, 2.45) is 0 Å². The first kappa shape index (κ1) is 24.4. The third kappa shape index (κ3) is 5.19. The summed E-state index contributed by atoms with van der Waals surface area (Å²) in [4.78, 5) is 40.7. The zero-order chi connectivity index (χ0) is 25.0.